The first-order valence-electron chi connectivity index (χ1n) is 11.3. The number of nitrogens with zero attached hydrogens (tertiary/aromatic N) is 3. The highest BCUT2D eigenvalue weighted by Gasteiger charge is 2.11. The van der Waals surface area contributed by atoms with Crippen LogP contribution in [0.25, 0.3) is 21.8 Å². The topological polar surface area (TPSA) is 84.1 Å². The maximum Gasteiger partial charge on any atom is 0.251 e. The summed E-state index contributed by atoms with van der Waals surface area (Å²) < 4.78 is 0. The molecular weight excluding hydrogens is 410 g/mol. The molecule has 6 nitrogen and oxygen atoms in total. The van der Waals surface area contributed by atoms with E-state index in [4.69, 9.17) is 5.73 Å². The summed E-state index contributed by atoms with van der Waals surface area (Å²) in [4.78, 5) is 23.6. The van der Waals surface area contributed by atoms with Crippen LogP contribution in [-0.2, 0) is 12.8 Å². The lowest BCUT2D eigenvalue weighted by Crippen LogP contribution is -2.31. The number of hydrogen-bond acceptors (Lipinski definition) is 5. The van der Waals surface area contributed by atoms with Gasteiger partial charge >= 0.3 is 0 Å². The maximum absolute atomic E-state index is 12.4. The van der Waals surface area contributed by atoms with Crippen LogP contribution >= 0.6 is 0 Å². The van der Waals surface area contributed by atoms with E-state index in [-0.39, 0.29) is 5.91 Å². The Hall–Kier alpha value is -3.51. The number of rotatable bonds is 7. The molecular formula is C27H31N5O. The summed E-state index contributed by atoms with van der Waals surface area (Å²) in [5.41, 5.74) is 13.2. The van der Waals surface area contributed by atoms with Crippen LogP contribution in [0.5, 0.6) is 0 Å². The van der Waals surface area contributed by atoms with Crippen LogP contribution in [0, 0.1) is 13.8 Å². The van der Waals surface area contributed by atoms with Crippen molar-refractivity contribution in [3.63, 3.8) is 0 Å². The zero-order valence-corrected chi connectivity index (χ0v) is 19.8. The highest BCUT2D eigenvalue weighted by Crippen LogP contribution is 2.28. The van der Waals surface area contributed by atoms with Gasteiger partial charge in [0.1, 0.15) is 5.52 Å². The third kappa shape index (κ3) is 5.12. The van der Waals surface area contributed by atoms with Crippen LogP contribution in [0.3, 0.4) is 0 Å². The summed E-state index contributed by atoms with van der Waals surface area (Å²) in [7, 11) is 3.98. The van der Waals surface area contributed by atoms with Gasteiger partial charge < -0.3 is 16.0 Å². The van der Waals surface area contributed by atoms with Crippen LogP contribution in [0.4, 0.5) is 5.82 Å². The Balaban J connectivity index is 1.51. The minimum atomic E-state index is -0.0291. The lowest BCUT2D eigenvalue weighted by molar-refractivity contribution is 0.0951. The summed E-state index contributed by atoms with van der Waals surface area (Å²) in [5.74, 6) is 0.434. The fraction of sp³-hybridized carbons (Fsp3) is 0.296. The first kappa shape index (κ1) is 22.7. The third-order valence-electron chi connectivity index (χ3n) is 6.00. The van der Waals surface area contributed by atoms with Crippen LogP contribution in [0.15, 0.2) is 48.7 Å². The van der Waals surface area contributed by atoms with E-state index in [1.54, 1.807) is 0 Å². The number of anilines is 1. The molecule has 1 amide bonds. The molecule has 0 aliphatic rings. The molecule has 6 heteroatoms. The van der Waals surface area contributed by atoms with Crippen LogP contribution in [0.1, 0.15) is 32.6 Å². The van der Waals surface area contributed by atoms with Gasteiger partial charge in [-0.25, -0.2) is 4.98 Å². The van der Waals surface area contributed by atoms with E-state index in [0.717, 1.165) is 57.9 Å². The van der Waals surface area contributed by atoms with Crippen molar-refractivity contribution in [2.45, 2.75) is 26.7 Å². The van der Waals surface area contributed by atoms with Gasteiger partial charge in [-0.15, -0.1) is 0 Å². The van der Waals surface area contributed by atoms with Crippen molar-refractivity contribution in [2.75, 3.05) is 32.9 Å². The molecule has 0 atom stereocenters. The first-order valence-corrected chi connectivity index (χ1v) is 11.3. The fourth-order valence-corrected chi connectivity index (χ4v) is 4.09. The predicted molar refractivity (Wildman–Crippen MR) is 136 cm³/mol. The van der Waals surface area contributed by atoms with E-state index in [1.807, 2.05) is 37.3 Å². The predicted octanol–water partition coefficient (Wildman–Crippen LogP) is 4.06. The second-order valence-electron chi connectivity index (χ2n) is 8.96. The highest BCUT2D eigenvalue weighted by molar-refractivity contribution is 6.08. The third-order valence-corrected chi connectivity index (χ3v) is 6.00. The number of pyridine rings is 2. The Bertz CT molecular complexity index is 1330. The molecule has 33 heavy (non-hydrogen) atoms. The molecule has 3 N–H and O–H groups in total. The second kappa shape index (κ2) is 9.55. The molecule has 0 saturated heterocycles. The standard InChI is InChI=1S/C27H31N5O/c1-17-5-10-22-23-15-19(16-30-25(23)26(28)31-24(22)13-17)6-7-20-8-9-21(14-18(20)2)27(33)29-11-12-32(3)4/h5,8-10,13-16H,6-7,11-12H2,1-4H3,(H2,28,31)(H,29,33). The van der Waals surface area contributed by atoms with Gasteiger partial charge in [0.15, 0.2) is 5.82 Å². The molecule has 4 rings (SSSR count). The van der Waals surface area contributed by atoms with Crippen LogP contribution < -0.4 is 11.1 Å². The van der Waals surface area contributed by atoms with Crippen molar-refractivity contribution < 1.29 is 4.79 Å². The fourth-order valence-electron chi connectivity index (χ4n) is 4.09. The van der Waals surface area contributed by atoms with Crippen LogP contribution in [0.2, 0.25) is 0 Å². The molecule has 0 fully saturated rings. The van der Waals surface area contributed by atoms with E-state index in [1.165, 1.54) is 5.56 Å². The van der Waals surface area contributed by atoms with Gasteiger partial charge in [-0.05, 0) is 87.3 Å². The van der Waals surface area contributed by atoms with Gasteiger partial charge in [0, 0.05) is 35.6 Å². The first-order chi connectivity index (χ1) is 15.8. The lowest BCUT2D eigenvalue weighted by Gasteiger charge is -2.12. The van der Waals surface area contributed by atoms with E-state index >= 15 is 0 Å². The molecule has 4 aromatic rings. The Morgan fingerprint density at radius 1 is 1.03 bits per heavy atom. The molecule has 2 aromatic heterocycles. The van der Waals surface area contributed by atoms with Crippen molar-refractivity contribution >= 4 is 33.5 Å². The maximum atomic E-state index is 12.4. The Kier molecular flexibility index (Phi) is 6.56. The molecule has 0 aliphatic carbocycles. The molecule has 0 unspecified atom stereocenters. The normalized spacial score (nSPS) is 11.4. The molecule has 2 heterocycles. The largest absolute Gasteiger partial charge is 0.382 e. The van der Waals surface area contributed by atoms with Crippen molar-refractivity contribution in [3.05, 3.63) is 76.5 Å². The molecule has 0 bridgehead atoms. The number of aryl methyl sites for hydroxylation is 4. The average Bonchev–Trinajstić information content (AvgIpc) is 2.77. The smallest absolute Gasteiger partial charge is 0.251 e. The number of nitrogens with two attached hydrogens (primary N) is 1. The zero-order valence-electron chi connectivity index (χ0n) is 19.8. The van der Waals surface area contributed by atoms with Gasteiger partial charge in [-0.1, -0.05) is 18.2 Å². The van der Waals surface area contributed by atoms with Gasteiger partial charge in [0.25, 0.3) is 5.91 Å². The van der Waals surface area contributed by atoms with Crippen molar-refractivity contribution in [2.24, 2.45) is 0 Å². The molecule has 170 valence electrons. The summed E-state index contributed by atoms with van der Waals surface area (Å²) in [5, 5.41) is 5.08. The average molecular weight is 442 g/mol. The monoisotopic (exact) mass is 441 g/mol. The van der Waals surface area contributed by atoms with E-state index in [0.29, 0.717) is 17.9 Å². The number of hydrogen-bond donors (Lipinski definition) is 2. The Labute approximate surface area is 194 Å². The zero-order chi connectivity index (χ0) is 23.5. The molecule has 2 aromatic carbocycles. The number of carbonyl (C=O) groups excluding carboxylic acids is 1. The van der Waals surface area contributed by atoms with Gasteiger partial charge in [-0.3, -0.25) is 9.78 Å². The number of amides is 1. The minimum Gasteiger partial charge on any atom is -0.382 e. The van der Waals surface area contributed by atoms with E-state index in [9.17, 15) is 4.79 Å². The second-order valence-corrected chi connectivity index (χ2v) is 8.96. The van der Waals surface area contributed by atoms with E-state index < -0.39 is 0 Å². The number of carbonyl (C=O) groups is 1. The lowest BCUT2D eigenvalue weighted by atomic mass is 9.98. The van der Waals surface area contributed by atoms with E-state index in [2.05, 4.69) is 59.5 Å². The summed E-state index contributed by atoms with van der Waals surface area (Å²) in [6, 6.07) is 14.4. The molecule has 0 saturated carbocycles. The van der Waals surface area contributed by atoms with Gasteiger partial charge in [0.05, 0.1) is 5.52 Å². The Morgan fingerprint density at radius 3 is 2.61 bits per heavy atom. The number of fused-ring (bicyclic) bond motifs is 3. The van der Waals surface area contributed by atoms with Crippen LogP contribution in [-0.4, -0.2) is 48.0 Å². The SMILES string of the molecule is Cc1ccc2c(c1)nc(N)c1ncc(CCc3ccc(C(=O)NCCN(C)C)cc3C)cc12. The molecule has 0 spiro atoms. The van der Waals surface area contributed by atoms with Crippen molar-refractivity contribution in [3.8, 4) is 0 Å². The number of benzene rings is 2. The van der Waals surface area contributed by atoms with Gasteiger partial charge in [-0.2, -0.15) is 0 Å². The van der Waals surface area contributed by atoms with Crippen molar-refractivity contribution in [1.29, 1.82) is 0 Å². The Morgan fingerprint density at radius 2 is 1.85 bits per heavy atom. The summed E-state index contributed by atoms with van der Waals surface area (Å²) in [6.45, 7) is 5.57. The highest BCUT2D eigenvalue weighted by atomic mass is 16.1. The summed E-state index contributed by atoms with van der Waals surface area (Å²) in [6.07, 6.45) is 3.62. The number of likely N-dealkylation sites (N-methyl/N-ethyl adjacent to an activating group) is 1. The number of nitrogen functional groups attached to an aromatic ring is 1. The quantitative estimate of drug-likeness (QED) is 0.423. The van der Waals surface area contributed by atoms with Gasteiger partial charge in [0.2, 0.25) is 0 Å². The van der Waals surface area contributed by atoms with Crippen molar-refractivity contribution in [1.82, 2.24) is 20.2 Å². The molecule has 0 radical (unpaired) electrons. The molecule has 0 aliphatic heterocycles. The number of nitrogens with one attached hydrogen (secondary N) is 1. The number of aromatic nitrogens is 2. The minimum absolute atomic E-state index is 0.0291. The summed E-state index contributed by atoms with van der Waals surface area (Å²) >= 11 is 0.